The topological polar surface area (TPSA) is 84.0 Å². The van der Waals surface area contributed by atoms with E-state index in [-0.39, 0.29) is 42.5 Å². The summed E-state index contributed by atoms with van der Waals surface area (Å²) in [5.41, 5.74) is 0.889. The Kier molecular flexibility index (Phi) is 10.7. The Balaban J connectivity index is 0.00000320. The summed E-state index contributed by atoms with van der Waals surface area (Å²) in [5, 5.41) is 9.52. The van der Waals surface area contributed by atoms with Crippen LogP contribution >= 0.6 is 24.0 Å². The van der Waals surface area contributed by atoms with E-state index >= 15 is 0 Å². The Hall–Kier alpha value is -1.55. The number of nitrogens with zero attached hydrogens (tertiary/aromatic N) is 1. The van der Waals surface area contributed by atoms with E-state index in [0.29, 0.717) is 12.0 Å². The summed E-state index contributed by atoms with van der Waals surface area (Å²) >= 11 is 0. The second kappa shape index (κ2) is 13.0. The predicted molar refractivity (Wildman–Crippen MR) is 131 cm³/mol. The summed E-state index contributed by atoms with van der Waals surface area (Å²) in [6.07, 6.45) is 5.79. The minimum absolute atomic E-state index is 0. The molecule has 0 heterocycles. The molecule has 0 radical (unpaired) electrons. The average Bonchev–Trinajstić information content (AvgIpc) is 3.59. The first-order chi connectivity index (χ1) is 14.1. The number of hydrogen-bond acceptors (Lipinski definition) is 4. The van der Waals surface area contributed by atoms with E-state index in [0.717, 1.165) is 56.4 Å². The molecule has 7 nitrogen and oxygen atoms in total. The SMILES string of the molecule is CC(C)Oc1ccc(NC(=NCC(=O)NC2CC2)NCCCOCC2CC2)cc1.I. The van der Waals surface area contributed by atoms with Gasteiger partial charge in [-0.3, -0.25) is 4.79 Å². The smallest absolute Gasteiger partial charge is 0.242 e. The monoisotopic (exact) mass is 530 g/mol. The van der Waals surface area contributed by atoms with Gasteiger partial charge in [0.05, 0.1) is 6.10 Å². The highest BCUT2D eigenvalue weighted by atomic mass is 127. The Morgan fingerprint density at radius 3 is 2.53 bits per heavy atom. The van der Waals surface area contributed by atoms with Crippen LogP contribution in [-0.4, -0.2) is 50.3 Å². The Morgan fingerprint density at radius 2 is 1.90 bits per heavy atom. The molecule has 8 heteroatoms. The van der Waals surface area contributed by atoms with Crippen molar-refractivity contribution < 1.29 is 14.3 Å². The lowest BCUT2D eigenvalue weighted by Gasteiger charge is -2.14. The molecule has 0 atom stereocenters. The molecule has 3 rings (SSSR count). The van der Waals surface area contributed by atoms with Crippen LogP contribution in [0.15, 0.2) is 29.3 Å². The van der Waals surface area contributed by atoms with E-state index in [1.54, 1.807) is 0 Å². The highest BCUT2D eigenvalue weighted by Crippen LogP contribution is 2.28. The zero-order chi connectivity index (χ0) is 20.5. The predicted octanol–water partition coefficient (Wildman–Crippen LogP) is 3.54. The normalized spacial score (nSPS) is 16.0. The van der Waals surface area contributed by atoms with Crippen molar-refractivity contribution in [2.75, 3.05) is 31.6 Å². The third-order valence-corrected chi connectivity index (χ3v) is 4.62. The van der Waals surface area contributed by atoms with Crippen LogP contribution in [0.5, 0.6) is 5.75 Å². The third kappa shape index (κ3) is 10.5. The number of halogens is 1. The van der Waals surface area contributed by atoms with Crippen LogP contribution in [0.4, 0.5) is 5.69 Å². The maximum Gasteiger partial charge on any atom is 0.242 e. The third-order valence-electron chi connectivity index (χ3n) is 4.62. The molecule has 2 aliphatic rings. The zero-order valence-corrected chi connectivity index (χ0v) is 20.3. The van der Waals surface area contributed by atoms with Crippen molar-refractivity contribution in [2.24, 2.45) is 10.9 Å². The van der Waals surface area contributed by atoms with Gasteiger partial charge >= 0.3 is 0 Å². The fourth-order valence-corrected chi connectivity index (χ4v) is 2.73. The first-order valence-electron chi connectivity index (χ1n) is 10.8. The second-order valence-corrected chi connectivity index (χ2v) is 8.12. The van der Waals surface area contributed by atoms with Gasteiger partial charge in [0.2, 0.25) is 5.91 Å². The number of nitrogens with one attached hydrogen (secondary N) is 3. The van der Waals surface area contributed by atoms with Gasteiger partial charge in [0, 0.05) is 31.5 Å². The Labute approximate surface area is 196 Å². The molecule has 0 bridgehead atoms. The van der Waals surface area contributed by atoms with Crippen LogP contribution in [-0.2, 0) is 9.53 Å². The molecule has 0 unspecified atom stereocenters. The van der Waals surface area contributed by atoms with Crippen molar-refractivity contribution in [1.29, 1.82) is 0 Å². The van der Waals surface area contributed by atoms with E-state index in [1.165, 1.54) is 12.8 Å². The minimum atomic E-state index is -0.0398. The van der Waals surface area contributed by atoms with Gasteiger partial charge in [-0.05, 0) is 76.1 Å². The highest BCUT2D eigenvalue weighted by Gasteiger charge is 2.23. The van der Waals surface area contributed by atoms with Crippen molar-refractivity contribution >= 4 is 41.5 Å². The van der Waals surface area contributed by atoms with Crippen LogP contribution in [0.25, 0.3) is 0 Å². The van der Waals surface area contributed by atoms with Crippen LogP contribution in [0.3, 0.4) is 0 Å². The van der Waals surface area contributed by atoms with E-state index in [9.17, 15) is 4.79 Å². The van der Waals surface area contributed by atoms with Gasteiger partial charge < -0.3 is 25.4 Å². The van der Waals surface area contributed by atoms with E-state index < -0.39 is 0 Å². The first kappa shape index (κ1) is 24.7. The molecule has 2 saturated carbocycles. The number of benzene rings is 1. The van der Waals surface area contributed by atoms with Crippen molar-refractivity contribution in [1.82, 2.24) is 10.6 Å². The number of rotatable bonds is 12. The highest BCUT2D eigenvalue weighted by molar-refractivity contribution is 14.0. The average molecular weight is 530 g/mol. The van der Waals surface area contributed by atoms with Gasteiger partial charge in [-0.25, -0.2) is 4.99 Å². The van der Waals surface area contributed by atoms with Gasteiger partial charge in [0.25, 0.3) is 0 Å². The Bertz CT molecular complexity index is 673. The van der Waals surface area contributed by atoms with Gasteiger partial charge in [0.1, 0.15) is 12.3 Å². The number of carbonyl (C=O) groups is 1. The number of anilines is 1. The number of hydrogen-bond donors (Lipinski definition) is 3. The van der Waals surface area contributed by atoms with Gasteiger partial charge in [-0.2, -0.15) is 0 Å². The molecule has 2 fully saturated rings. The molecule has 3 N–H and O–H groups in total. The minimum Gasteiger partial charge on any atom is -0.491 e. The molecule has 30 heavy (non-hydrogen) atoms. The standard InChI is InChI=1S/C22H34N4O3.HI/c1-16(2)29-20-10-8-19(9-11-20)26-22(24-14-21(27)25-18-6-7-18)23-12-3-13-28-15-17-4-5-17;/h8-11,16-18H,3-7,12-15H2,1-2H3,(H,25,27)(H2,23,24,26);1H. The number of guanidine groups is 1. The van der Waals surface area contributed by atoms with Gasteiger partial charge in [-0.15, -0.1) is 24.0 Å². The summed E-state index contributed by atoms with van der Waals surface area (Å²) in [6, 6.07) is 8.08. The van der Waals surface area contributed by atoms with E-state index in [4.69, 9.17) is 9.47 Å². The summed E-state index contributed by atoms with van der Waals surface area (Å²) in [7, 11) is 0. The maximum absolute atomic E-state index is 12.0. The van der Waals surface area contributed by atoms with Crippen molar-refractivity contribution in [3.63, 3.8) is 0 Å². The second-order valence-electron chi connectivity index (χ2n) is 8.12. The Morgan fingerprint density at radius 1 is 1.17 bits per heavy atom. The fraction of sp³-hybridized carbons (Fsp3) is 0.636. The van der Waals surface area contributed by atoms with Crippen molar-refractivity contribution in [2.45, 2.75) is 58.1 Å². The lowest BCUT2D eigenvalue weighted by molar-refractivity contribution is -0.119. The van der Waals surface area contributed by atoms with Crippen LogP contribution < -0.4 is 20.7 Å². The molecular weight excluding hydrogens is 495 g/mol. The van der Waals surface area contributed by atoms with Crippen molar-refractivity contribution in [3.05, 3.63) is 24.3 Å². The number of amides is 1. The molecule has 1 aromatic rings. The summed E-state index contributed by atoms with van der Waals surface area (Å²) in [4.78, 5) is 16.4. The first-order valence-corrected chi connectivity index (χ1v) is 10.8. The number of aliphatic imine (C=N–C) groups is 1. The number of ether oxygens (including phenoxy) is 2. The lowest BCUT2D eigenvalue weighted by atomic mass is 10.3. The molecule has 0 saturated heterocycles. The number of carbonyl (C=O) groups excluding carboxylic acids is 1. The molecule has 0 aliphatic heterocycles. The maximum atomic E-state index is 12.0. The van der Waals surface area contributed by atoms with Crippen molar-refractivity contribution in [3.8, 4) is 5.75 Å². The van der Waals surface area contributed by atoms with Gasteiger partial charge in [-0.1, -0.05) is 0 Å². The molecule has 0 spiro atoms. The molecule has 1 aromatic carbocycles. The zero-order valence-electron chi connectivity index (χ0n) is 18.0. The quantitative estimate of drug-likeness (QED) is 0.167. The molecule has 168 valence electrons. The van der Waals surface area contributed by atoms with E-state index in [2.05, 4.69) is 20.9 Å². The molecular formula is C22H35IN4O3. The summed E-state index contributed by atoms with van der Waals surface area (Å²) < 4.78 is 11.4. The fourth-order valence-electron chi connectivity index (χ4n) is 2.73. The molecule has 1 amide bonds. The van der Waals surface area contributed by atoms with Crippen LogP contribution in [0.2, 0.25) is 0 Å². The van der Waals surface area contributed by atoms with Crippen LogP contribution in [0, 0.1) is 5.92 Å². The lowest BCUT2D eigenvalue weighted by Crippen LogP contribution is -2.34. The summed E-state index contributed by atoms with van der Waals surface area (Å²) in [5.74, 6) is 2.17. The largest absolute Gasteiger partial charge is 0.491 e. The van der Waals surface area contributed by atoms with Crippen LogP contribution in [0.1, 0.15) is 46.0 Å². The van der Waals surface area contributed by atoms with E-state index in [1.807, 2.05) is 38.1 Å². The molecule has 0 aromatic heterocycles. The molecule has 2 aliphatic carbocycles. The summed E-state index contributed by atoms with van der Waals surface area (Å²) in [6.45, 7) is 6.46. The van der Waals surface area contributed by atoms with Gasteiger partial charge in [0.15, 0.2) is 5.96 Å².